The van der Waals surface area contributed by atoms with E-state index in [0.717, 1.165) is 31.5 Å². The number of methoxy groups -OCH3 is 2. The average Bonchev–Trinajstić information content (AvgIpc) is 3.19. The molecule has 4 amide bonds. The number of likely N-dealkylation sites (tertiary alicyclic amines) is 1. The topological polar surface area (TPSA) is 74.4 Å². The maximum absolute atomic E-state index is 13.0. The molecule has 0 spiro atoms. The second-order valence-corrected chi connectivity index (χ2v) is 8.60. The van der Waals surface area contributed by atoms with Crippen molar-refractivity contribution in [3.05, 3.63) is 53.6 Å². The molecule has 2 aliphatic heterocycles. The Kier molecular flexibility index (Phi) is 6.91. The number of rotatable bonds is 6. The number of anilines is 1. The number of carbonyl (C=O) groups is 2. The third kappa shape index (κ3) is 5.16. The Labute approximate surface area is 195 Å². The van der Waals surface area contributed by atoms with E-state index < -0.39 is 0 Å². The Morgan fingerprint density at radius 2 is 1.82 bits per heavy atom. The van der Waals surface area contributed by atoms with Crippen LogP contribution in [0, 0.1) is 6.92 Å². The molecule has 2 aromatic carbocycles. The average molecular weight is 453 g/mol. The van der Waals surface area contributed by atoms with Gasteiger partial charge >= 0.3 is 12.1 Å². The molecule has 0 bridgehead atoms. The highest BCUT2D eigenvalue weighted by atomic mass is 16.5. The third-order valence-corrected chi connectivity index (χ3v) is 6.43. The fourth-order valence-electron chi connectivity index (χ4n) is 4.59. The number of benzene rings is 2. The van der Waals surface area contributed by atoms with Gasteiger partial charge in [0.1, 0.15) is 11.5 Å². The van der Waals surface area contributed by atoms with Crippen molar-refractivity contribution in [2.24, 2.45) is 0 Å². The van der Waals surface area contributed by atoms with E-state index in [4.69, 9.17) is 9.47 Å². The summed E-state index contributed by atoms with van der Waals surface area (Å²) in [6.45, 7) is 5.40. The molecule has 2 heterocycles. The molecule has 176 valence electrons. The molecule has 2 saturated heterocycles. The molecule has 1 N–H and O–H groups in total. The first-order chi connectivity index (χ1) is 16.0. The monoisotopic (exact) mass is 452 g/mol. The fraction of sp³-hybridized carbons (Fsp3) is 0.440. The van der Waals surface area contributed by atoms with Crippen LogP contribution in [0.3, 0.4) is 0 Å². The summed E-state index contributed by atoms with van der Waals surface area (Å²) < 4.78 is 10.6. The number of aryl methyl sites for hydroxylation is 1. The largest absolute Gasteiger partial charge is 0.497 e. The van der Waals surface area contributed by atoms with Crippen molar-refractivity contribution >= 4 is 17.7 Å². The van der Waals surface area contributed by atoms with E-state index >= 15 is 0 Å². The number of amides is 4. The number of nitrogens with zero attached hydrogens (tertiary/aromatic N) is 3. The minimum absolute atomic E-state index is 0.0994. The summed E-state index contributed by atoms with van der Waals surface area (Å²) in [7, 11) is 3.15. The van der Waals surface area contributed by atoms with E-state index in [-0.39, 0.29) is 18.1 Å². The van der Waals surface area contributed by atoms with Gasteiger partial charge in [0.2, 0.25) is 0 Å². The van der Waals surface area contributed by atoms with Crippen molar-refractivity contribution in [1.82, 2.24) is 14.7 Å². The number of piperidine rings is 1. The van der Waals surface area contributed by atoms with E-state index in [1.54, 1.807) is 37.3 Å². The highest BCUT2D eigenvalue weighted by molar-refractivity contribution is 5.91. The van der Waals surface area contributed by atoms with Gasteiger partial charge in [-0.25, -0.2) is 9.59 Å². The predicted octanol–water partition coefficient (Wildman–Crippen LogP) is 3.95. The van der Waals surface area contributed by atoms with Crippen LogP contribution in [0.1, 0.15) is 24.0 Å². The smallest absolute Gasteiger partial charge is 0.321 e. The number of urea groups is 2. The van der Waals surface area contributed by atoms with Crippen LogP contribution in [-0.2, 0) is 6.54 Å². The van der Waals surface area contributed by atoms with Crippen LogP contribution in [0.2, 0.25) is 0 Å². The Morgan fingerprint density at radius 1 is 1.03 bits per heavy atom. The van der Waals surface area contributed by atoms with Crippen LogP contribution in [0.25, 0.3) is 0 Å². The van der Waals surface area contributed by atoms with Gasteiger partial charge in [0.05, 0.1) is 19.9 Å². The normalized spacial score (nSPS) is 16.8. The number of hydrogen-bond acceptors (Lipinski definition) is 4. The number of ether oxygens (including phenoxy) is 2. The zero-order chi connectivity index (χ0) is 23.4. The molecule has 0 saturated carbocycles. The quantitative estimate of drug-likeness (QED) is 0.720. The van der Waals surface area contributed by atoms with E-state index in [1.165, 1.54) is 5.56 Å². The summed E-state index contributed by atoms with van der Waals surface area (Å²) >= 11 is 0. The van der Waals surface area contributed by atoms with Crippen LogP contribution in [0.15, 0.2) is 42.5 Å². The molecule has 0 atom stereocenters. The van der Waals surface area contributed by atoms with Gasteiger partial charge in [-0.3, -0.25) is 0 Å². The molecule has 2 aliphatic rings. The van der Waals surface area contributed by atoms with Crippen LogP contribution < -0.4 is 14.8 Å². The Morgan fingerprint density at radius 3 is 2.52 bits per heavy atom. The maximum atomic E-state index is 13.0. The fourth-order valence-corrected chi connectivity index (χ4v) is 4.59. The first kappa shape index (κ1) is 22.8. The van der Waals surface area contributed by atoms with Gasteiger partial charge in [0.25, 0.3) is 0 Å². The lowest BCUT2D eigenvalue weighted by Gasteiger charge is -2.36. The second kappa shape index (κ2) is 10.0. The standard InChI is InChI=1S/C25H32N4O4/c1-18-5-4-6-19(15-18)17-28-13-14-29(25(28)31)20-9-11-27(12-10-20)24(30)26-22-8-7-21(32-2)16-23(22)33-3/h4-8,15-16,20H,9-14,17H2,1-3H3,(H,26,30). The molecular formula is C25H32N4O4. The summed E-state index contributed by atoms with van der Waals surface area (Å²) in [5.41, 5.74) is 2.96. The zero-order valence-corrected chi connectivity index (χ0v) is 19.5. The Bertz CT molecular complexity index is 1000. The van der Waals surface area contributed by atoms with E-state index in [9.17, 15) is 9.59 Å². The van der Waals surface area contributed by atoms with Gasteiger partial charge < -0.3 is 29.5 Å². The van der Waals surface area contributed by atoms with Crippen LogP contribution in [-0.4, -0.2) is 73.2 Å². The predicted molar refractivity (Wildman–Crippen MR) is 127 cm³/mol. The second-order valence-electron chi connectivity index (χ2n) is 8.60. The molecule has 0 aliphatic carbocycles. The van der Waals surface area contributed by atoms with Gasteiger partial charge in [-0.15, -0.1) is 0 Å². The molecule has 4 rings (SSSR count). The lowest BCUT2D eigenvalue weighted by molar-refractivity contribution is 0.139. The minimum Gasteiger partial charge on any atom is -0.497 e. The lowest BCUT2D eigenvalue weighted by atomic mass is 10.0. The summed E-state index contributed by atoms with van der Waals surface area (Å²) in [4.78, 5) is 31.5. The van der Waals surface area contributed by atoms with Crippen LogP contribution in [0.5, 0.6) is 11.5 Å². The first-order valence-corrected chi connectivity index (χ1v) is 11.4. The minimum atomic E-state index is -0.161. The van der Waals surface area contributed by atoms with Crippen molar-refractivity contribution in [2.75, 3.05) is 45.7 Å². The van der Waals surface area contributed by atoms with E-state index in [2.05, 4.69) is 30.4 Å². The van der Waals surface area contributed by atoms with Crippen molar-refractivity contribution in [1.29, 1.82) is 0 Å². The molecule has 8 nitrogen and oxygen atoms in total. The van der Waals surface area contributed by atoms with E-state index in [1.807, 2.05) is 15.9 Å². The lowest BCUT2D eigenvalue weighted by Crippen LogP contribution is -2.49. The molecular weight excluding hydrogens is 420 g/mol. The maximum Gasteiger partial charge on any atom is 0.321 e. The molecule has 8 heteroatoms. The molecule has 0 aromatic heterocycles. The van der Waals surface area contributed by atoms with Crippen molar-refractivity contribution in [3.63, 3.8) is 0 Å². The van der Waals surface area contributed by atoms with Gasteiger partial charge in [0.15, 0.2) is 0 Å². The number of nitrogens with one attached hydrogen (secondary N) is 1. The zero-order valence-electron chi connectivity index (χ0n) is 19.5. The highest BCUT2D eigenvalue weighted by Gasteiger charge is 2.36. The SMILES string of the molecule is COc1ccc(NC(=O)N2CCC(N3CCN(Cc4cccc(C)c4)C3=O)CC2)c(OC)c1. The third-order valence-electron chi connectivity index (χ3n) is 6.43. The van der Waals surface area contributed by atoms with Gasteiger partial charge in [-0.05, 0) is 37.5 Å². The van der Waals surface area contributed by atoms with Gasteiger partial charge in [0, 0.05) is 44.8 Å². The van der Waals surface area contributed by atoms with Crippen LogP contribution in [0.4, 0.5) is 15.3 Å². The van der Waals surface area contributed by atoms with Crippen molar-refractivity contribution in [3.8, 4) is 11.5 Å². The van der Waals surface area contributed by atoms with Gasteiger partial charge in [-0.2, -0.15) is 0 Å². The van der Waals surface area contributed by atoms with Crippen molar-refractivity contribution in [2.45, 2.75) is 32.4 Å². The number of carbonyl (C=O) groups excluding carboxylic acids is 2. The Hall–Kier alpha value is -3.42. The number of hydrogen-bond donors (Lipinski definition) is 1. The summed E-state index contributed by atoms with van der Waals surface area (Å²) in [5.74, 6) is 1.21. The van der Waals surface area contributed by atoms with E-state index in [0.29, 0.717) is 36.8 Å². The van der Waals surface area contributed by atoms with Gasteiger partial charge in [-0.1, -0.05) is 29.8 Å². The summed E-state index contributed by atoms with van der Waals surface area (Å²) in [5, 5.41) is 2.93. The first-order valence-electron chi connectivity index (χ1n) is 11.4. The molecule has 0 radical (unpaired) electrons. The molecule has 0 unspecified atom stereocenters. The van der Waals surface area contributed by atoms with Crippen molar-refractivity contribution < 1.29 is 19.1 Å². The molecule has 2 fully saturated rings. The van der Waals surface area contributed by atoms with Crippen LogP contribution >= 0.6 is 0 Å². The highest BCUT2D eigenvalue weighted by Crippen LogP contribution is 2.30. The Balaban J connectivity index is 1.30. The summed E-state index contributed by atoms with van der Waals surface area (Å²) in [6.07, 6.45) is 1.55. The molecule has 33 heavy (non-hydrogen) atoms. The molecule has 2 aromatic rings. The summed E-state index contributed by atoms with van der Waals surface area (Å²) in [6, 6.07) is 13.7.